The summed E-state index contributed by atoms with van der Waals surface area (Å²) >= 11 is 1.50. The zero-order valence-corrected chi connectivity index (χ0v) is 10.2. The van der Waals surface area contributed by atoms with Crippen molar-refractivity contribution in [2.45, 2.75) is 6.54 Å². The third kappa shape index (κ3) is 1.98. The van der Waals surface area contributed by atoms with Crippen LogP contribution in [0.5, 0.6) is 0 Å². The Kier molecular flexibility index (Phi) is 2.77. The van der Waals surface area contributed by atoms with E-state index in [1.807, 2.05) is 12.1 Å². The first-order chi connectivity index (χ1) is 8.76. The molecule has 0 unspecified atom stereocenters. The van der Waals surface area contributed by atoms with Crippen LogP contribution in [0.1, 0.15) is 5.56 Å². The highest BCUT2D eigenvalue weighted by molar-refractivity contribution is 7.21. The van der Waals surface area contributed by atoms with Crippen LogP contribution < -0.4 is 5.73 Å². The number of pyridine rings is 1. The summed E-state index contributed by atoms with van der Waals surface area (Å²) in [4.78, 5) is 8.70. The van der Waals surface area contributed by atoms with E-state index in [9.17, 15) is 4.39 Å². The van der Waals surface area contributed by atoms with E-state index in [2.05, 4.69) is 9.97 Å². The molecule has 0 saturated heterocycles. The van der Waals surface area contributed by atoms with Gasteiger partial charge in [0.2, 0.25) is 0 Å². The van der Waals surface area contributed by atoms with Gasteiger partial charge in [-0.15, -0.1) is 11.3 Å². The smallest absolute Gasteiger partial charge is 0.143 e. The minimum Gasteiger partial charge on any atom is -0.326 e. The lowest BCUT2D eigenvalue weighted by Crippen LogP contribution is -1.96. The predicted molar refractivity (Wildman–Crippen MR) is 70.7 cm³/mol. The standard InChI is InChI=1S/C13H10FN3S/c14-9-2-4-12-11(5-9)17-13(18-12)10-3-1-8(6-15)7-16-10/h1-5,7H,6,15H2. The number of benzene rings is 1. The summed E-state index contributed by atoms with van der Waals surface area (Å²) < 4.78 is 14.0. The summed E-state index contributed by atoms with van der Waals surface area (Å²) in [6.07, 6.45) is 1.74. The lowest BCUT2D eigenvalue weighted by atomic mass is 10.2. The van der Waals surface area contributed by atoms with Gasteiger partial charge in [0.25, 0.3) is 0 Å². The molecule has 3 aromatic rings. The Bertz CT molecular complexity index is 691. The van der Waals surface area contributed by atoms with E-state index in [0.717, 1.165) is 21.0 Å². The molecule has 0 atom stereocenters. The number of rotatable bonds is 2. The summed E-state index contributed by atoms with van der Waals surface area (Å²) in [7, 11) is 0. The molecule has 0 bridgehead atoms. The van der Waals surface area contributed by atoms with Gasteiger partial charge < -0.3 is 5.73 Å². The second-order valence-corrected chi connectivity index (χ2v) is 4.92. The van der Waals surface area contributed by atoms with Gasteiger partial charge in [0, 0.05) is 18.8 Å². The van der Waals surface area contributed by atoms with Crippen molar-refractivity contribution in [3.05, 3.63) is 47.9 Å². The van der Waals surface area contributed by atoms with Crippen LogP contribution in [0, 0.1) is 5.82 Å². The van der Waals surface area contributed by atoms with Crippen molar-refractivity contribution < 1.29 is 4.39 Å². The summed E-state index contributed by atoms with van der Waals surface area (Å²) in [6.45, 7) is 0.471. The number of halogens is 1. The van der Waals surface area contributed by atoms with Crippen LogP contribution in [-0.2, 0) is 6.54 Å². The fourth-order valence-electron chi connectivity index (χ4n) is 1.68. The summed E-state index contributed by atoms with van der Waals surface area (Å²) in [5, 5.41) is 0.791. The van der Waals surface area contributed by atoms with Gasteiger partial charge in [-0.2, -0.15) is 0 Å². The van der Waals surface area contributed by atoms with Crippen LogP contribution in [0.4, 0.5) is 4.39 Å². The number of hydrogen-bond donors (Lipinski definition) is 1. The maximum Gasteiger partial charge on any atom is 0.143 e. The van der Waals surface area contributed by atoms with Crippen molar-refractivity contribution in [3.63, 3.8) is 0 Å². The van der Waals surface area contributed by atoms with Gasteiger partial charge in [-0.3, -0.25) is 4.98 Å². The predicted octanol–water partition coefficient (Wildman–Crippen LogP) is 2.96. The number of nitrogens with two attached hydrogens (primary N) is 1. The lowest BCUT2D eigenvalue weighted by Gasteiger charge is -1.97. The lowest BCUT2D eigenvalue weighted by molar-refractivity contribution is 0.629. The summed E-state index contributed by atoms with van der Waals surface area (Å²) in [5.74, 6) is -0.272. The van der Waals surface area contributed by atoms with Gasteiger partial charge in [0.1, 0.15) is 10.8 Å². The normalized spacial score (nSPS) is 11.0. The van der Waals surface area contributed by atoms with Crippen molar-refractivity contribution in [3.8, 4) is 10.7 Å². The number of nitrogens with zero attached hydrogens (tertiary/aromatic N) is 2. The molecule has 0 aliphatic rings. The van der Waals surface area contributed by atoms with Gasteiger partial charge in [0.05, 0.1) is 15.9 Å². The summed E-state index contributed by atoms with van der Waals surface area (Å²) in [6, 6.07) is 8.42. The molecule has 5 heteroatoms. The van der Waals surface area contributed by atoms with Crippen molar-refractivity contribution in [1.82, 2.24) is 9.97 Å². The maximum atomic E-state index is 13.1. The van der Waals surface area contributed by atoms with Gasteiger partial charge in [-0.05, 0) is 23.8 Å². The van der Waals surface area contributed by atoms with E-state index >= 15 is 0 Å². The molecule has 0 aliphatic carbocycles. The number of aromatic nitrogens is 2. The molecule has 0 saturated carbocycles. The highest BCUT2D eigenvalue weighted by Gasteiger charge is 2.08. The molecule has 0 fully saturated rings. The molecule has 90 valence electrons. The average Bonchev–Trinajstić information content (AvgIpc) is 2.81. The Morgan fingerprint density at radius 3 is 2.83 bits per heavy atom. The zero-order valence-electron chi connectivity index (χ0n) is 9.43. The second kappa shape index (κ2) is 4.44. The number of hydrogen-bond acceptors (Lipinski definition) is 4. The van der Waals surface area contributed by atoms with E-state index in [-0.39, 0.29) is 5.82 Å². The Labute approximate surface area is 107 Å². The van der Waals surface area contributed by atoms with Crippen LogP contribution in [0.15, 0.2) is 36.5 Å². The topological polar surface area (TPSA) is 51.8 Å². The van der Waals surface area contributed by atoms with E-state index in [4.69, 9.17) is 5.73 Å². The minimum atomic E-state index is -0.272. The molecule has 0 spiro atoms. The third-order valence-electron chi connectivity index (χ3n) is 2.63. The zero-order chi connectivity index (χ0) is 12.5. The highest BCUT2D eigenvalue weighted by Crippen LogP contribution is 2.29. The Balaban J connectivity index is 2.07. The van der Waals surface area contributed by atoms with Crippen molar-refractivity contribution >= 4 is 21.6 Å². The fourth-order valence-corrected chi connectivity index (χ4v) is 2.60. The van der Waals surface area contributed by atoms with Gasteiger partial charge in [-0.25, -0.2) is 9.37 Å². The molecule has 18 heavy (non-hydrogen) atoms. The van der Waals surface area contributed by atoms with Gasteiger partial charge >= 0.3 is 0 Å². The van der Waals surface area contributed by atoms with Crippen LogP contribution in [0.2, 0.25) is 0 Å². The van der Waals surface area contributed by atoms with E-state index < -0.39 is 0 Å². The van der Waals surface area contributed by atoms with E-state index in [0.29, 0.717) is 12.1 Å². The molecule has 0 amide bonds. The molecular formula is C13H10FN3S. The largest absolute Gasteiger partial charge is 0.326 e. The number of fused-ring (bicyclic) bond motifs is 1. The SMILES string of the molecule is NCc1ccc(-c2nc3cc(F)ccc3s2)nc1. The van der Waals surface area contributed by atoms with Crippen LogP contribution >= 0.6 is 11.3 Å². The van der Waals surface area contributed by atoms with Crippen molar-refractivity contribution in [2.75, 3.05) is 0 Å². The van der Waals surface area contributed by atoms with Gasteiger partial charge in [-0.1, -0.05) is 6.07 Å². The highest BCUT2D eigenvalue weighted by atomic mass is 32.1. The second-order valence-electron chi connectivity index (χ2n) is 3.89. The number of thiazole rings is 1. The third-order valence-corrected chi connectivity index (χ3v) is 3.69. The van der Waals surface area contributed by atoms with Crippen molar-refractivity contribution in [1.29, 1.82) is 0 Å². The average molecular weight is 259 g/mol. The Morgan fingerprint density at radius 1 is 1.22 bits per heavy atom. The van der Waals surface area contributed by atoms with Crippen molar-refractivity contribution in [2.24, 2.45) is 5.73 Å². The molecule has 1 aromatic carbocycles. The van der Waals surface area contributed by atoms with E-state index in [1.54, 1.807) is 12.3 Å². The first kappa shape index (κ1) is 11.3. The first-order valence-corrected chi connectivity index (χ1v) is 6.29. The molecule has 2 N–H and O–H groups in total. The molecule has 0 aliphatic heterocycles. The minimum absolute atomic E-state index is 0.272. The molecule has 2 aromatic heterocycles. The fraction of sp³-hybridized carbons (Fsp3) is 0.0769. The summed E-state index contributed by atoms with van der Waals surface area (Å²) in [5.41, 5.74) is 7.95. The van der Waals surface area contributed by atoms with Crippen LogP contribution in [0.3, 0.4) is 0 Å². The molecule has 3 rings (SSSR count). The maximum absolute atomic E-state index is 13.1. The molecule has 2 heterocycles. The van der Waals surface area contributed by atoms with Gasteiger partial charge in [0.15, 0.2) is 0 Å². The Morgan fingerprint density at radius 2 is 2.11 bits per heavy atom. The molecule has 0 radical (unpaired) electrons. The first-order valence-electron chi connectivity index (χ1n) is 5.48. The van der Waals surface area contributed by atoms with Crippen LogP contribution in [0.25, 0.3) is 20.9 Å². The molecular weight excluding hydrogens is 249 g/mol. The molecule has 3 nitrogen and oxygen atoms in total. The monoisotopic (exact) mass is 259 g/mol. The van der Waals surface area contributed by atoms with E-state index in [1.165, 1.54) is 23.5 Å². The van der Waals surface area contributed by atoms with Crippen LogP contribution in [-0.4, -0.2) is 9.97 Å². The Hall–Kier alpha value is -1.85. The quantitative estimate of drug-likeness (QED) is 0.769.